The normalized spacial score (nSPS) is 18.0. The fourth-order valence-electron chi connectivity index (χ4n) is 3.65. The van der Waals surface area contributed by atoms with Gasteiger partial charge in [-0.25, -0.2) is 8.42 Å². The first-order valence-electron chi connectivity index (χ1n) is 8.84. The van der Waals surface area contributed by atoms with Crippen LogP contribution in [-0.2, 0) is 21.1 Å². The molecule has 0 radical (unpaired) electrons. The SMILES string of the molecule is C[NH+](CC(=O)Nc1cccc(S(C)(=O)=O)c1)[C@H]1CCCc2ccccc21. The molecular formula is C20H25N2O3S+. The van der Waals surface area contributed by atoms with Gasteiger partial charge in [-0.1, -0.05) is 30.3 Å². The topological polar surface area (TPSA) is 67.7 Å². The molecule has 138 valence electrons. The molecule has 0 aromatic heterocycles. The van der Waals surface area contributed by atoms with E-state index in [1.807, 2.05) is 7.05 Å². The lowest BCUT2D eigenvalue weighted by molar-refractivity contribution is -0.905. The zero-order chi connectivity index (χ0) is 18.7. The first-order chi connectivity index (χ1) is 12.3. The molecular weight excluding hydrogens is 348 g/mol. The predicted molar refractivity (Wildman–Crippen MR) is 102 cm³/mol. The number of nitrogens with one attached hydrogen (secondary N) is 2. The van der Waals surface area contributed by atoms with Gasteiger partial charge in [0.1, 0.15) is 6.04 Å². The summed E-state index contributed by atoms with van der Waals surface area (Å²) in [7, 11) is -1.25. The van der Waals surface area contributed by atoms with Crippen LogP contribution < -0.4 is 10.2 Å². The van der Waals surface area contributed by atoms with Gasteiger partial charge in [0, 0.05) is 23.9 Å². The number of quaternary nitrogens is 1. The molecule has 0 saturated carbocycles. The van der Waals surface area contributed by atoms with Crippen LogP contribution in [0.5, 0.6) is 0 Å². The number of aryl methyl sites for hydroxylation is 1. The van der Waals surface area contributed by atoms with Gasteiger partial charge in [0.15, 0.2) is 16.4 Å². The third kappa shape index (κ3) is 4.31. The fraction of sp³-hybridized carbons (Fsp3) is 0.350. The van der Waals surface area contributed by atoms with E-state index in [-0.39, 0.29) is 10.8 Å². The molecule has 2 atom stereocenters. The second-order valence-electron chi connectivity index (χ2n) is 7.01. The van der Waals surface area contributed by atoms with E-state index in [0.29, 0.717) is 18.3 Å². The Bertz CT molecular complexity index is 909. The number of hydrogen-bond donors (Lipinski definition) is 2. The van der Waals surface area contributed by atoms with Crippen LogP contribution in [0.4, 0.5) is 5.69 Å². The van der Waals surface area contributed by atoms with Gasteiger partial charge in [-0.05, 0) is 36.6 Å². The Hall–Kier alpha value is -2.18. The van der Waals surface area contributed by atoms with E-state index >= 15 is 0 Å². The number of carbonyl (C=O) groups excluding carboxylic acids is 1. The summed E-state index contributed by atoms with van der Waals surface area (Å²) < 4.78 is 23.3. The molecule has 6 heteroatoms. The maximum absolute atomic E-state index is 12.5. The van der Waals surface area contributed by atoms with Gasteiger partial charge in [-0.15, -0.1) is 0 Å². The highest BCUT2D eigenvalue weighted by Gasteiger charge is 2.27. The van der Waals surface area contributed by atoms with Crippen LogP contribution >= 0.6 is 0 Å². The molecule has 2 aromatic rings. The van der Waals surface area contributed by atoms with E-state index in [1.54, 1.807) is 12.1 Å². The molecule has 26 heavy (non-hydrogen) atoms. The lowest BCUT2D eigenvalue weighted by atomic mass is 9.87. The van der Waals surface area contributed by atoms with Crippen LogP contribution in [0.3, 0.4) is 0 Å². The zero-order valence-electron chi connectivity index (χ0n) is 15.2. The molecule has 0 spiro atoms. The molecule has 0 aliphatic heterocycles. The highest BCUT2D eigenvalue weighted by molar-refractivity contribution is 7.90. The van der Waals surface area contributed by atoms with Crippen molar-refractivity contribution in [2.75, 3.05) is 25.2 Å². The summed E-state index contributed by atoms with van der Waals surface area (Å²) in [6.45, 7) is 0.335. The maximum atomic E-state index is 12.5. The van der Waals surface area contributed by atoms with Gasteiger partial charge >= 0.3 is 0 Å². The smallest absolute Gasteiger partial charge is 0.279 e. The molecule has 1 aliphatic rings. The minimum absolute atomic E-state index is 0.115. The minimum Gasteiger partial charge on any atom is -0.323 e. The van der Waals surface area contributed by atoms with Crippen molar-refractivity contribution in [1.29, 1.82) is 0 Å². The van der Waals surface area contributed by atoms with Gasteiger partial charge in [0.05, 0.1) is 11.9 Å². The summed E-state index contributed by atoms with van der Waals surface area (Å²) in [5.74, 6) is -0.115. The van der Waals surface area contributed by atoms with Gasteiger partial charge in [-0.2, -0.15) is 0 Å². The summed E-state index contributed by atoms with van der Waals surface area (Å²) in [5, 5.41) is 2.82. The van der Waals surface area contributed by atoms with Crippen LogP contribution in [0.1, 0.15) is 30.0 Å². The van der Waals surface area contributed by atoms with Gasteiger partial charge in [0.25, 0.3) is 5.91 Å². The van der Waals surface area contributed by atoms with E-state index in [1.165, 1.54) is 23.3 Å². The third-order valence-corrected chi connectivity index (χ3v) is 6.06. The van der Waals surface area contributed by atoms with E-state index in [0.717, 1.165) is 30.4 Å². The van der Waals surface area contributed by atoms with Crippen molar-refractivity contribution in [2.24, 2.45) is 0 Å². The number of likely N-dealkylation sites (N-methyl/N-ethyl adjacent to an activating group) is 1. The Morgan fingerprint density at radius 1 is 1.19 bits per heavy atom. The minimum atomic E-state index is -3.29. The van der Waals surface area contributed by atoms with Crippen LogP contribution in [0.2, 0.25) is 0 Å². The predicted octanol–water partition coefficient (Wildman–Crippen LogP) is 1.62. The Morgan fingerprint density at radius 2 is 1.96 bits per heavy atom. The molecule has 3 rings (SSSR count). The van der Waals surface area contributed by atoms with E-state index < -0.39 is 9.84 Å². The van der Waals surface area contributed by atoms with Crippen molar-refractivity contribution in [3.05, 3.63) is 59.7 Å². The molecule has 1 unspecified atom stereocenters. The van der Waals surface area contributed by atoms with Crippen LogP contribution in [0.15, 0.2) is 53.4 Å². The highest BCUT2D eigenvalue weighted by Crippen LogP contribution is 2.27. The lowest BCUT2D eigenvalue weighted by Crippen LogP contribution is -3.10. The van der Waals surface area contributed by atoms with E-state index in [4.69, 9.17) is 0 Å². The van der Waals surface area contributed by atoms with Gasteiger partial charge in [0.2, 0.25) is 0 Å². The quantitative estimate of drug-likeness (QED) is 0.837. The Balaban J connectivity index is 1.68. The largest absolute Gasteiger partial charge is 0.323 e. The summed E-state index contributed by atoms with van der Waals surface area (Å²) in [4.78, 5) is 13.8. The Labute approximate surface area is 154 Å². The van der Waals surface area contributed by atoms with Crippen molar-refractivity contribution < 1.29 is 18.1 Å². The van der Waals surface area contributed by atoms with Crippen molar-refractivity contribution in [3.63, 3.8) is 0 Å². The summed E-state index contributed by atoms with van der Waals surface area (Å²) in [6.07, 6.45) is 4.47. The van der Waals surface area contributed by atoms with Crippen molar-refractivity contribution in [1.82, 2.24) is 0 Å². The number of benzene rings is 2. The standard InChI is InChI=1S/C20H24N2O3S/c1-22(19-12-5-8-15-7-3-4-11-18(15)19)14-20(23)21-16-9-6-10-17(13-16)26(2,24)25/h3-4,6-7,9-11,13,19H,5,8,12,14H2,1-2H3,(H,21,23)/p+1/t19-/m0/s1. The van der Waals surface area contributed by atoms with Crippen molar-refractivity contribution in [2.45, 2.75) is 30.2 Å². The highest BCUT2D eigenvalue weighted by atomic mass is 32.2. The summed E-state index contributed by atoms with van der Waals surface area (Å²) in [6, 6.07) is 15.1. The van der Waals surface area contributed by atoms with Crippen LogP contribution in [0, 0.1) is 0 Å². The number of sulfone groups is 1. The molecule has 0 bridgehead atoms. The number of rotatable bonds is 5. The van der Waals surface area contributed by atoms with Crippen molar-refractivity contribution in [3.8, 4) is 0 Å². The average molecular weight is 373 g/mol. The van der Waals surface area contributed by atoms with Gasteiger partial charge in [-0.3, -0.25) is 4.79 Å². The van der Waals surface area contributed by atoms with Crippen LogP contribution in [-0.4, -0.2) is 34.2 Å². The summed E-state index contributed by atoms with van der Waals surface area (Å²) in [5.41, 5.74) is 3.22. The molecule has 0 fully saturated rings. The van der Waals surface area contributed by atoms with E-state index in [2.05, 4.69) is 29.6 Å². The average Bonchev–Trinajstić information content (AvgIpc) is 2.60. The second kappa shape index (κ2) is 7.60. The third-order valence-electron chi connectivity index (χ3n) is 4.95. The Kier molecular flexibility index (Phi) is 5.44. The Morgan fingerprint density at radius 3 is 2.73 bits per heavy atom. The number of amides is 1. The van der Waals surface area contributed by atoms with Gasteiger partial charge < -0.3 is 10.2 Å². The number of anilines is 1. The summed E-state index contributed by atoms with van der Waals surface area (Å²) >= 11 is 0. The molecule has 2 aromatic carbocycles. The van der Waals surface area contributed by atoms with Crippen LogP contribution in [0.25, 0.3) is 0 Å². The number of fused-ring (bicyclic) bond motifs is 1. The molecule has 0 saturated heterocycles. The second-order valence-corrected chi connectivity index (χ2v) is 9.03. The molecule has 0 heterocycles. The molecule has 2 N–H and O–H groups in total. The van der Waals surface area contributed by atoms with E-state index in [9.17, 15) is 13.2 Å². The van der Waals surface area contributed by atoms with Crippen molar-refractivity contribution >= 4 is 21.4 Å². The molecule has 5 nitrogen and oxygen atoms in total. The lowest BCUT2D eigenvalue weighted by Gasteiger charge is -2.30. The first-order valence-corrected chi connectivity index (χ1v) is 10.7. The molecule has 1 amide bonds. The number of carbonyl (C=O) groups is 1. The molecule has 1 aliphatic carbocycles. The monoisotopic (exact) mass is 373 g/mol. The zero-order valence-corrected chi connectivity index (χ0v) is 16.0. The first kappa shape index (κ1) is 18.6. The maximum Gasteiger partial charge on any atom is 0.279 e. The fourth-order valence-corrected chi connectivity index (χ4v) is 4.32. The number of hydrogen-bond acceptors (Lipinski definition) is 3.